The smallest absolute Gasteiger partial charge is 0.347 e. The van der Waals surface area contributed by atoms with E-state index >= 15 is 0 Å². The van der Waals surface area contributed by atoms with E-state index in [1.54, 1.807) is 6.07 Å². The number of nitrogens with zero attached hydrogens (tertiary/aromatic N) is 2. The monoisotopic (exact) mass is 358 g/mol. The number of carbonyl (C=O) groups excluding carboxylic acids is 2. The van der Waals surface area contributed by atoms with Gasteiger partial charge in [0.05, 0.1) is 17.5 Å². The molecule has 124 valence electrons. The predicted octanol–water partition coefficient (Wildman–Crippen LogP) is 2.68. The Morgan fingerprint density at radius 3 is 2.70 bits per heavy atom. The first-order chi connectivity index (χ1) is 10.8. The molecule has 0 radical (unpaired) electrons. The third kappa shape index (κ3) is 6.35. The predicted molar refractivity (Wildman–Crippen MR) is 85.4 cm³/mol. The summed E-state index contributed by atoms with van der Waals surface area (Å²) in [7, 11) is 1.53. The lowest BCUT2D eigenvalue weighted by Gasteiger charge is -2.17. The van der Waals surface area contributed by atoms with Crippen LogP contribution < -0.4 is 4.74 Å². The Labute approximate surface area is 144 Å². The Bertz CT molecular complexity index is 616. The van der Waals surface area contributed by atoms with Gasteiger partial charge in [0.2, 0.25) is 0 Å². The minimum atomic E-state index is -0.939. The van der Waals surface area contributed by atoms with Gasteiger partial charge in [0, 0.05) is 18.6 Å². The molecule has 1 atom stereocenters. The van der Waals surface area contributed by atoms with Crippen LogP contribution in [0, 0.1) is 11.3 Å². The van der Waals surface area contributed by atoms with E-state index in [1.807, 2.05) is 6.07 Å². The lowest BCUT2D eigenvalue weighted by atomic mass is 10.3. The second-order valence-corrected chi connectivity index (χ2v) is 5.51. The molecule has 0 heterocycles. The molecular formula is C15H16Cl2N2O4. The molecule has 0 fully saturated rings. The van der Waals surface area contributed by atoms with E-state index in [-0.39, 0.29) is 23.7 Å². The maximum atomic E-state index is 11.8. The van der Waals surface area contributed by atoms with Crippen molar-refractivity contribution in [3.05, 3.63) is 28.2 Å². The average molecular weight is 359 g/mol. The van der Waals surface area contributed by atoms with Gasteiger partial charge in [0.25, 0.3) is 5.91 Å². The van der Waals surface area contributed by atoms with Crippen molar-refractivity contribution < 1.29 is 19.1 Å². The number of carbonyl (C=O) groups is 2. The highest BCUT2D eigenvalue weighted by atomic mass is 35.5. The molecule has 1 rings (SSSR count). The third-order valence-electron chi connectivity index (χ3n) is 2.85. The normalized spacial score (nSPS) is 11.3. The van der Waals surface area contributed by atoms with E-state index in [2.05, 4.69) is 0 Å². The van der Waals surface area contributed by atoms with Crippen LogP contribution in [0.4, 0.5) is 0 Å². The largest absolute Gasteiger partial charge is 0.477 e. The highest BCUT2D eigenvalue weighted by Crippen LogP contribution is 2.28. The first-order valence-corrected chi connectivity index (χ1v) is 7.50. The van der Waals surface area contributed by atoms with Crippen molar-refractivity contribution in [1.82, 2.24) is 4.90 Å². The van der Waals surface area contributed by atoms with Gasteiger partial charge in [-0.3, -0.25) is 4.79 Å². The van der Waals surface area contributed by atoms with Crippen LogP contribution in [-0.4, -0.2) is 43.1 Å². The molecule has 0 bridgehead atoms. The van der Waals surface area contributed by atoms with Gasteiger partial charge in [-0.15, -0.1) is 0 Å². The third-order valence-corrected chi connectivity index (χ3v) is 3.38. The van der Waals surface area contributed by atoms with Gasteiger partial charge in [-0.1, -0.05) is 23.2 Å². The minimum Gasteiger partial charge on any atom is -0.477 e. The maximum Gasteiger partial charge on any atom is 0.347 e. The molecule has 0 aliphatic carbocycles. The van der Waals surface area contributed by atoms with Crippen LogP contribution in [0.2, 0.25) is 10.0 Å². The van der Waals surface area contributed by atoms with Gasteiger partial charge in [-0.2, -0.15) is 5.26 Å². The fourth-order valence-corrected chi connectivity index (χ4v) is 1.97. The SMILES string of the molecule is C[C@@H](Oc1ccc(Cl)cc1Cl)C(=O)OCC(=O)N(C)CCC#N. The van der Waals surface area contributed by atoms with E-state index in [9.17, 15) is 9.59 Å². The molecule has 1 aromatic rings. The number of hydrogen-bond acceptors (Lipinski definition) is 5. The molecule has 0 aliphatic rings. The molecule has 1 aromatic carbocycles. The summed E-state index contributed by atoms with van der Waals surface area (Å²) >= 11 is 11.7. The van der Waals surface area contributed by atoms with Crippen LogP contribution in [0.5, 0.6) is 5.75 Å². The van der Waals surface area contributed by atoms with Crippen molar-refractivity contribution in [1.29, 1.82) is 5.26 Å². The van der Waals surface area contributed by atoms with Crippen LogP contribution in [0.3, 0.4) is 0 Å². The number of hydrogen-bond donors (Lipinski definition) is 0. The van der Waals surface area contributed by atoms with Crippen molar-refractivity contribution in [3.8, 4) is 11.8 Å². The number of esters is 1. The molecule has 23 heavy (non-hydrogen) atoms. The Kier molecular flexibility index (Phi) is 7.66. The van der Waals surface area contributed by atoms with Crippen LogP contribution in [-0.2, 0) is 14.3 Å². The van der Waals surface area contributed by atoms with Gasteiger partial charge in [0.15, 0.2) is 12.7 Å². The summed E-state index contributed by atoms with van der Waals surface area (Å²) in [5.41, 5.74) is 0. The number of ether oxygens (including phenoxy) is 2. The highest BCUT2D eigenvalue weighted by Gasteiger charge is 2.20. The molecule has 8 heteroatoms. The second kappa shape index (κ2) is 9.23. The standard InChI is InChI=1S/C15H16Cl2N2O4/c1-10(23-13-5-4-11(16)8-12(13)17)15(21)22-9-14(20)19(2)7-3-6-18/h4-5,8,10H,3,7,9H2,1-2H3/t10-/m1/s1. The van der Waals surface area contributed by atoms with E-state index < -0.39 is 24.6 Å². The quantitative estimate of drug-likeness (QED) is 0.700. The van der Waals surface area contributed by atoms with Gasteiger partial charge >= 0.3 is 5.97 Å². The zero-order chi connectivity index (χ0) is 17.4. The lowest BCUT2D eigenvalue weighted by Crippen LogP contribution is -2.34. The molecule has 0 N–H and O–H groups in total. The minimum absolute atomic E-state index is 0.213. The van der Waals surface area contributed by atoms with Crippen molar-refractivity contribution in [3.63, 3.8) is 0 Å². The Morgan fingerprint density at radius 1 is 1.39 bits per heavy atom. The van der Waals surface area contributed by atoms with E-state index in [0.29, 0.717) is 5.02 Å². The van der Waals surface area contributed by atoms with Gasteiger partial charge in [-0.25, -0.2) is 4.79 Å². The van der Waals surface area contributed by atoms with Crippen LogP contribution in [0.15, 0.2) is 18.2 Å². The first-order valence-electron chi connectivity index (χ1n) is 6.74. The first kappa shape index (κ1) is 19.1. The molecule has 0 spiro atoms. The number of rotatable bonds is 7. The molecule has 0 aliphatic heterocycles. The summed E-state index contributed by atoms with van der Waals surface area (Å²) in [5.74, 6) is -0.804. The summed E-state index contributed by atoms with van der Waals surface area (Å²) < 4.78 is 10.3. The fourth-order valence-electron chi connectivity index (χ4n) is 1.51. The van der Waals surface area contributed by atoms with Crippen molar-refractivity contribution in [2.75, 3.05) is 20.2 Å². The molecule has 0 aromatic heterocycles. The fraction of sp³-hybridized carbons (Fsp3) is 0.400. The number of halogens is 2. The summed E-state index contributed by atoms with van der Waals surface area (Å²) in [6.07, 6.45) is -0.726. The van der Waals surface area contributed by atoms with Crippen LogP contribution >= 0.6 is 23.2 Å². The van der Waals surface area contributed by atoms with E-state index in [4.69, 9.17) is 37.9 Å². The Hall–Kier alpha value is -1.97. The van der Waals surface area contributed by atoms with Gasteiger partial charge < -0.3 is 14.4 Å². The van der Waals surface area contributed by atoms with Crippen molar-refractivity contribution in [2.24, 2.45) is 0 Å². The van der Waals surface area contributed by atoms with Crippen molar-refractivity contribution in [2.45, 2.75) is 19.4 Å². The zero-order valence-electron chi connectivity index (χ0n) is 12.7. The molecule has 0 unspecified atom stereocenters. The summed E-state index contributed by atoms with van der Waals surface area (Å²) in [6.45, 7) is 1.35. The van der Waals surface area contributed by atoms with E-state index in [0.717, 1.165) is 0 Å². The molecule has 6 nitrogen and oxygen atoms in total. The molecule has 0 saturated carbocycles. The van der Waals surface area contributed by atoms with E-state index in [1.165, 1.54) is 31.0 Å². The topological polar surface area (TPSA) is 79.6 Å². The van der Waals surface area contributed by atoms with Gasteiger partial charge in [-0.05, 0) is 25.1 Å². The molecular weight excluding hydrogens is 343 g/mol. The molecule has 1 amide bonds. The zero-order valence-corrected chi connectivity index (χ0v) is 14.2. The summed E-state index contributed by atoms with van der Waals surface area (Å²) in [6, 6.07) is 6.53. The van der Waals surface area contributed by atoms with Crippen LogP contribution in [0.1, 0.15) is 13.3 Å². The summed E-state index contributed by atoms with van der Waals surface area (Å²) in [5, 5.41) is 9.17. The number of amides is 1. The number of nitriles is 1. The van der Waals surface area contributed by atoms with Crippen LogP contribution in [0.25, 0.3) is 0 Å². The number of benzene rings is 1. The van der Waals surface area contributed by atoms with Crippen molar-refractivity contribution >= 4 is 35.1 Å². The average Bonchev–Trinajstić information content (AvgIpc) is 2.52. The lowest BCUT2D eigenvalue weighted by molar-refractivity contribution is -0.157. The Morgan fingerprint density at radius 2 is 2.09 bits per heavy atom. The second-order valence-electron chi connectivity index (χ2n) is 4.67. The van der Waals surface area contributed by atoms with Gasteiger partial charge in [0.1, 0.15) is 5.75 Å². The summed E-state index contributed by atoms with van der Waals surface area (Å²) in [4.78, 5) is 24.8. The maximum absolute atomic E-state index is 11.8. The molecule has 0 saturated heterocycles. The highest BCUT2D eigenvalue weighted by molar-refractivity contribution is 6.35. The Balaban J connectivity index is 2.48. The number of likely N-dealkylation sites (N-methyl/N-ethyl adjacent to an activating group) is 1.